The molecule has 0 saturated carbocycles. The summed E-state index contributed by atoms with van der Waals surface area (Å²) in [6.07, 6.45) is 0.545. The monoisotopic (exact) mass is 392 g/mol. The van der Waals surface area contributed by atoms with Gasteiger partial charge in [-0.1, -0.05) is 53.7 Å². The van der Waals surface area contributed by atoms with Crippen LogP contribution in [0, 0.1) is 0 Å². The molecule has 3 aromatic rings. The summed E-state index contributed by atoms with van der Waals surface area (Å²) in [5.74, 6) is 1.74. The van der Waals surface area contributed by atoms with Gasteiger partial charge in [-0.2, -0.15) is 4.98 Å². The highest BCUT2D eigenvalue weighted by Crippen LogP contribution is 2.23. The molecule has 1 amide bonds. The highest BCUT2D eigenvalue weighted by atomic mass is 16.6. The molecule has 1 saturated heterocycles. The van der Waals surface area contributed by atoms with Crippen molar-refractivity contribution in [2.24, 2.45) is 0 Å². The van der Waals surface area contributed by atoms with E-state index in [2.05, 4.69) is 22.0 Å². The van der Waals surface area contributed by atoms with Gasteiger partial charge in [-0.05, 0) is 25.5 Å². The van der Waals surface area contributed by atoms with Crippen LogP contribution in [0.2, 0.25) is 0 Å². The fourth-order valence-corrected chi connectivity index (χ4v) is 3.43. The van der Waals surface area contributed by atoms with E-state index in [4.69, 9.17) is 9.26 Å². The van der Waals surface area contributed by atoms with Crippen LogP contribution in [0.3, 0.4) is 0 Å². The summed E-state index contributed by atoms with van der Waals surface area (Å²) in [6, 6.07) is 18.9. The van der Waals surface area contributed by atoms with Gasteiger partial charge >= 0.3 is 6.09 Å². The molecule has 7 heteroatoms. The van der Waals surface area contributed by atoms with Crippen molar-refractivity contribution in [3.8, 4) is 17.1 Å². The minimum Gasteiger partial charge on any atom is -0.410 e. The second kappa shape index (κ2) is 8.87. The SMILES string of the molecule is CC(c1nc(-c2ccccc2)no1)N1CCCN(C(=O)Oc2ccccc2)CC1. The van der Waals surface area contributed by atoms with Gasteiger partial charge in [0.05, 0.1) is 6.04 Å². The van der Waals surface area contributed by atoms with Gasteiger partial charge in [0.15, 0.2) is 0 Å². The van der Waals surface area contributed by atoms with Gasteiger partial charge in [-0.3, -0.25) is 4.90 Å². The van der Waals surface area contributed by atoms with Crippen molar-refractivity contribution in [1.29, 1.82) is 0 Å². The van der Waals surface area contributed by atoms with Crippen LogP contribution in [0.25, 0.3) is 11.4 Å². The van der Waals surface area contributed by atoms with Crippen LogP contribution >= 0.6 is 0 Å². The number of carbonyl (C=O) groups is 1. The Hall–Kier alpha value is -3.19. The summed E-state index contributed by atoms with van der Waals surface area (Å²) in [5.41, 5.74) is 0.931. The zero-order valence-electron chi connectivity index (χ0n) is 16.4. The number of rotatable bonds is 4. The molecule has 1 fully saturated rings. The summed E-state index contributed by atoms with van der Waals surface area (Å²) >= 11 is 0. The first-order chi connectivity index (χ1) is 14.2. The van der Waals surface area contributed by atoms with Crippen molar-refractivity contribution < 1.29 is 14.1 Å². The number of nitrogens with zero attached hydrogens (tertiary/aromatic N) is 4. The lowest BCUT2D eigenvalue weighted by molar-refractivity contribution is 0.148. The Balaban J connectivity index is 1.37. The summed E-state index contributed by atoms with van der Waals surface area (Å²) < 4.78 is 11.0. The van der Waals surface area contributed by atoms with E-state index in [0.717, 1.165) is 18.5 Å². The van der Waals surface area contributed by atoms with E-state index in [0.29, 0.717) is 37.1 Å². The van der Waals surface area contributed by atoms with Gasteiger partial charge in [0.25, 0.3) is 0 Å². The average molecular weight is 392 g/mol. The Bertz CT molecular complexity index is 930. The molecule has 0 bridgehead atoms. The van der Waals surface area contributed by atoms with Gasteiger partial charge in [-0.25, -0.2) is 4.79 Å². The van der Waals surface area contributed by atoms with E-state index in [1.165, 1.54) is 0 Å². The first kappa shape index (κ1) is 19.1. The minimum absolute atomic E-state index is 0.0231. The number of aromatic nitrogens is 2. The van der Waals surface area contributed by atoms with E-state index in [1.807, 2.05) is 48.5 Å². The number of amides is 1. The average Bonchev–Trinajstić information content (AvgIpc) is 3.12. The predicted molar refractivity (Wildman–Crippen MR) is 108 cm³/mol. The minimum atomic E-state index is -0.310. The molecule has 1 aliphatic rings. The van der Waals surface area contributed by atoms with Crippen molar-refractivity contribution in [1.82, 2.24) is 19.9 Å². The third kappa shape index (κ3) is 4.63. The molecule has 1 atom stereocenters. The fraction of sp³-hybridized carbons (Fsp3) is 0.318. The molecular formula is C22H24N4O3. The number of carbonyl (C=O) groups excluding carboxylic acids is 1. The number of para-hydroxylation sites is 1. The lowest BCUT2D eigenvalue weighted by Gasteiger charge is -2.25. The van der Waals surface area contributed by atoms with Gasteiger partial charge in [0.2, 0.25) is 11.7 Å². The van der Waals surface area contributed by atoms with Crippen molar-refractivity contribution in [3.63, 3.8) is 0 Å². The Morgan fingerprint density at radius 3 is 2.48 bits per heavy atom. The van der Waals surface area contributed by atoms with Crippen molar-refractivity contribution >= 4 is 6.09 Å². The summed E-state index contributed by atoms with van der Waals surface area (Å²) in [4.78, 5) is 21.1. The fourth-order valence-electron chi connectivity index (χ4n) is 3.43. The van der Waals surface area contributed by atoms with Crippen molar-refractivity contribution in [2.75, 3.05) is 26.2 Å². The van der Waals surface area contributed by atoms with Crippen LogP contribution in [-0.2, 0) is 0 Å². The van der Waals surface area contributed by atoms with Crippen LogP contribution in [0.1, 0.15) is 25.3 Å². The Kier molecular flexibility index (Phi) is 5.86. The topological polar surface area (TPSA) is 71.7 Å². The van der Waals surface area contributed by atoms with Crippen molar-refractivity contribution in [3.05, 3.63) is 66.6 Å². The standard InChI is InChI=1S/C22H24N4O3/c1-17(21-23-20(24-29-21)18-9-4-2-5-10-18)25-13-8-14-26(16-15-25)22(27)28-19-11-6-3-7-12-19/h2-7,9-12,17H,8,13-16H2,1H3. The number of benzene rings is 2. The second-order valence-corrected chi connectivity index (χ2v) is 7.06. The quantitative estimate of drug-likeness (QED) is 0.668. The molecule has 2 heterocycles. The van der Waals surface area contributed by atoms with Gasteiger partial charge in [-0.15, -0.1) is 0 Å². The highest BCUT2D eigenvalue weighted by molar-refractivity contribution is 5.70. The van der Waals surface area contributed by atoms with Crippen molar-refractivity contribution in [2.45, 2.75) is 19.4 Å². The van der Waals surface area contributed by atoms with E-state index in [1.54, 1.807) is 17.0 Å². The normalized spacial score (nSPS) is 16.2. The van der Waals surface area contributed by atoms with Crippen LogP contribution in [0.15, 0.2) is 65.2 Å². The molecule has 29 heavy (non-hydrogen) atoms. The molecular weight excluding hydrogens is 368 g/mol. The van der Waals surface area contributed by atoms with Crippen LogP contribution in [-0.4, -0.2) is 52.2 Å². The van der Waals surface area contributed by atoms with Crippen LogP contribution in [0.4, 0.5) is 4.79 Å². The first-order valence-corrected chi connectivity index (χ1v) is 9.85. The molecule has 4 rings (SSSR count). The Morgan fingerprint density at radius 1 is 1.00 bits per heavy atom. The van der Waals surface area contributed by atoms with E-state index in [-0.39, 0.29) is 12.1 Å². The molecule has 0 radical (unpaired) electrons. The summed E-state index contributed by atoms with van der Waals surface area (Å²) in [5, 5.41) is 4.12. The molecule has 0 aliphatic carbocycles. The molecule has 0 N–H and O–H groups in total. The lowest BCUT2D eigenvalue weighted by Crippen LogP contribution is -2.37. The molecule has 0 spiro atoms. The number of hydrogen-bond donors (Lipinski definition) is 0. The van der Waals surface area contributed by atoms with E-state index >= 15 is 0 Å². The smallest absolute Gasteiger partial charge is 0.410 e. The molecule has 150 valence electrons. The van der Waals surface area contributed by atoms with Crippen LogP contribution in [0.5, 0.6) is 5.75 Å². The van der Waals surface area contributed by atoms with Gasteiger partial charge in [0, 0.05) is 31.7 Å². The maximum Gasteiger partial charge on any atom is 0.415 e. The Labute approximate surface area is 169 Å². The van der Waals surface area contributed by atoms with E-state index in [9.17, 15) is 4.79 Å². The molecule has 1 aromatic heterocycles. The maximum atomic E-state index is 12.5. The number of ether oxygens (including phenoxy) is 1. The highest BCUT2D eigenvalue weighted by Gasteiger charge is 2.26. The zero-order valence-corrected chi connectivity index (χ0v) is 16.4. The summed E-state index contributed by atoms with van der Waals surface area (Å²) in [7, 11) is 0. The molecule has 2 aromatic carbocycles. The number of hydrogen-bond acceptors (Lipinski definition) is 6. The third-order valence-electron chi connectivity index (χ3n) is 5.12. The second-order valence-electron chi connectivity index (χ2n) is 7.06. The van der Waals surface area contributed by atoms with E-state index < -0.39 is 0 Å². The summed E-state index contributed by atoms with van der Waals surface area (Å²) in [6.45, 7) is 4.87. The third-order valence-corrected chi connectivity index (χ3v) is 5.12. The predicted octanol–water partition coefficient (Wildman–Crippen LogP) is 4.00. The largest absolute Gasteiger partial charge is 0.415 e. The maximum absolute atomic E-state index is 12.5. The van der Waals surface area contributed by atoms with Gasteiger partial charge in [0.1, 0.15) is 5.75 Å². The van der Waals surface area contributed by atoms with Crippen LogP contribution < -0.4 is 4.74 Å². The lowest BCUT2D eigenvalue weighted by atomic mass is 10.2. The first-order valence-electron chi connectivity index (χ1n) is 9.85. The van der Waals surface area contributed by atoms with Gasteiger partial charge < -0.3 is 14.2 Å². The molecule has 1 unspecified atom stereocenters. The Morgan fingerprint density at radius 2 is 1.72 bits per heavy atom. The molecule has 1 aliphatic heterocycles. The zero-order chi connectivity index (χ0) is 20.1. The molecule has 7 nitrogen and oxygen atoms in total.